The van der Waals surface area contributed by atoms with Crippen LogP contribution in [0.4, 0.5) is 0 Å². The molecule has 0 bridgehead atoms. The smallest absolute Gasteiger partial charge is 0.191 e. The molecule has 3 aromatic rings. The van der Waals surface area contributed by atoms with Gasteiger partial charge in [-0.15, -0.1) is 0 Å². The van der Waals surface area contributed by atoms with E-state index in [0.717, 1.165) is 36.8 Å². The number of H-pyrrole nitrogens is 1. The first-order valence-electron chi connectivity index (χ1n) is 10.0. The summed E-state index contributed by atoms with van der Waals surface area (Å²) < 4.78 is 11.3. The molecular formula is C23H30N4O2. The summed E-state index contributed by atoms with van der Waals surface area (Å²) in [5, 5.41) is 7.99. The number of fused-ring (bicyclic) bond motifs is 1. The number of ether oxygens (including phenoxy) is 2. The molecule has 29 heavy (non-hydrogen) atoms. The van der Waals surface area contributed by atoms with Gasteiger partial charge in [-0.1, -0.05) is 30.3 Å². The summed E-state index contributed by atoms with van der Waals surface area (Å²) in [5.74, 6) is 2.25. The Kier molecular flexibility index (Phi) is 7.39. The Morgan fingerprint density at radius 2 is 1.83 bits per heavy atom. The predicted octanol–water partition coefficient (Wildman–Crippen LogP) is 3.74. The predicted molar refractivity (Wildman–Crippen MR) is 119 cm³/mol. The Balaban J connectivity index is 1.40. The molecule has 0 aliphatic rings. The third-order valence-electron chi connectivity index (χ3n) is 4.77. The van der Waals surface area contributed by atoms with Crippen molar-refractivity contribution in [1.29, 1.82) is 0 Å². The SMILES string of the molecule is CN=C(NCCCc1c[nH]c2ccccc12)NCC(C)Oc1ccccc1OC. The van der Waals surface area contributed by atoms with Crippen molar-refractivity contribution in [3.05, 3.63) is 60.3 Å². The highest BCUT2D eigenvalue weighted by molar-refractivity contribution is 5.83. The fraction of sp³-hybridized carbons (Fsp3) is 0.348. The van der Waals surface area contributed by atoms with Crippen molar-refractivity contribution >= 4 is 16.9 Å². The average Bonchev–Trinajstić information content (AvgIpc) is 3.17. The van der Waals surface area contributed by atoms with E-state index in [2.05, 4.69) is 51.1 Å². The molecule has 3 rings (SSSR count). The number of hydrogen-bond acceptors (Lipinski definition) is 3. The van der Waals surface area contributed by atoms with Gasteiger partial charge in [-0.2, -0.15) is 0 Å². The fourth-order valence-corrected chi connectivity index (χ4v) is 3.26. The third kappa shape index (κ3) is 5.67. The molecule has 1 unspecified atom stereocenters. The largest absolute Gasteiger partial charge is 0.493 e. The number of benzene rings is 2. The lowest BCUT2D eigenvalue weighted by atomic mass is 10.1. The molecule has 0 spiro atoms. The lowest BCUT2D eigenvalue weighted by Gasteiger charge is -2.19. The van der Waals surface area contributed by atoms with Crippen LogP contribution in [-0.4, -0.2) is 44.3 Å². The van der Waals surface area contributed by atoms with E-state index in [1.54, 1.807) is 14.2 Å². The zero-order valence-corrected chi connectivity index (χ0v) is 17.4. The Hall–Kier alpha value is -3.15. The van der Waals surface area contributed by atoms with Gasteiger partial charge in [0.2, 0.25) is 0 Å². The van der Waals surface area contributed by atoms with Crippen LogP contribution in [-0.2, 0) is 6.42 Å². The van der Waals surface area contributed by atoms with E-state index in [1.165, 1.54) is 16.5 Å². The molecule has 3 N–H and O–H groups in total. The van der Waals surface area contributed by atoms with Gasteiger partial charge >= 0.3 is 0 Å². The maximum absolute atomic E-state index is 5.97. The van der Waals surface area contributed by atoms with Crippen LogP contribution in [0.1, 0.15) is 18.9 Å². The number of nitrogens with zero attached hydrogens (tertiary/aromatic N) is 1. The topological polar surface area (TPSA) is 70.7 Å². The normalized spacial score (nSPS) is 12.6. The van der Waals surface area contributed by atoms with Crippen LogP contribution < -0.4 is 20.1 Å². The van der Waals surface area contributed by atoms with E-state index >= 15 is 0 Å². The lowest BCUT2D eigenvalue weighted by molar-refractivity contribution is 0.213. The highest BCUT2D eigenvalue weighted by Gasteiger charge is 2.09. The van der Waals surface area contributed by atoms with E-state index in [0.29, 0.717) is 6.54 Å². The molecule has 2 aromatic carbocycles. The van der Waals surface area contributed by atoms with E-state index in [9.17, 15) is 0 Å². The van der Waals surface area contributed by atoms with Crippen molar-refractivity contribution < 1.29 is 9.47 Å². The maximum Gasteiger partial charge on any atom is 0.191 e. The summed E-state index contributed by atoms with van der Waals surface area (Å²) in [4.78, 5) is 7.62. The van der Waals surface area contributed by atoms with Gasteiger partial charge in [0.1, 0.15) is 6.10 Å². The van der Waals surface area contributed by atoms with Crippen molar-refractivity contribution in [2.24, 2.45) is 4.99 Å². The summed E-state index contributed by atoms with van der Waals surface area (Å²) in [6, 6.07) is 16.1. The quantitative estimate of drug-likeness (QED) is 0.294. The Labute approximate surface area is 172 Å². The van der Waals surface area contributed by atoms with Gasteiger partial charge in [-0.25, -0.2) is 0 Å². The summed E-state index contributed by atoms with van der Waals surface area (Å²) in [6.45, 7) is 3.50. The van der Waals surface area contributed by atoms with Crippen LogP contribution in [0.3, 0.4) is 0 Å². The van der Waals surface area contributed by atoms with Gasteiger partial charge in [0, 0.05) is 30.7 Å². The molecule has 0 saturated carbocycles. The molecule has 0 radical (unpaired) electrons. The van der Waals surface area contributed by atoms with Crippen molar-refractivity contribution in [2.75, 3.05) is 27.2 Å². The van der Waals surface area contributed by atoms with Gasteiger partial charge in [-0.3, -0.25) is 4.99 Å². The van der Waals surface area contributed by atoms with E-state index in [-0.39, 0.29) is 6.10 Å². The second-order valence-electron chi connectivity index (χ2n) is 6.92. The maximum atomic E-state index is 5.97. The molecule has 1 heterocycles. The van der Waals surface area contributed by atoms with Crippen molar-refractivity contribution in [3.63, 3.8) is 0 Å². The first-order chi connectivity index (χ1) is 14.2. The van der Waals surface area contributed by atoms with Gasteiger partial charge in [0.25, 0.3) is 0 Å². The second kappa shape index (κ2) is 10.4. The van der Waals surface area contributed by atoms with E-state index in [4.69, 9.17) is 9.47 Å². The number of aromatic nitrogens is 1. The number of para-hydroxylation sites is 3. The number of aromatic amines is 1. The molecular weight excluding hydrogens is 364 g/mol. The summed E-state index contributed by atoms with van der Waals surface area (Å²) >= 11 is 0. The number of aryl methyl sites for hydroxylation is 1. The Bertz CT molecular complexity index is 935. The summed E-state index contributed by atoms with van der Waals surface area (Å²) in [7, 11) is 3.42. The number of nitrogens with one attached hydrogen (secondary N) is 3. The second-order valence-corrected chi connectivity index (χ2v) is 6.92. The van der Waals surface area contributed by atoms with Crippen LogP contribution in [0.5, 0.6) is 11.5 Å². The molecule has 1 atom stereocenters. The molecule has 0 aliphatic heterocycles. The molecule has 1 aromatic heterocycles. The highest BCUT2D eigenvalue weighted by atomic mass is 16.5. The number of methoxy groups -OCH3 is 1. The molecule has 0 saturated heterocycles. The zero-order chi connectivity index (χ0) is 20.5. The summed E-state index contributed by atoms with van der Waals surface area (Å²) in [5.41, 5.74) is 2.54. The van der Waals surface area contributed by atoms with Crippen LogP contribution >= 0.6 is 0 Å². The average molecular weight is 395 g/mol. The van der Waals surface area contributed by atoms with E-state index in [1.807, 2.05) is 31.2 Å². The van der Waals surface area contributed by atoms with Crippen LogP contribution in [0.25, 0.3) is 10.9 Å². The first-order valence-corrected chi connectivity index (χ1v) is 10.0. The zero-order valence-electron chi connectivity index (χ0n) is 17.4. The minimum absolute atomic E-state index is 0.0314. The van der Waals surface area contributed by atoms with Crippen molar-refractivity contribution in [1.82, 2.24) is 15.6 Å². The molecule has 0 amide bonds. The fourth-order valence-electron chi connectivity index (χ4n) is 3.26. The number of rotatable bonds is 9. The standard InChI is InChI=1S/C23H30N4O2/c1-17(29-22-13-7-6-12-21(22)28-3)15-27-23(24-2)25-14-8-9-18-16-26-20-11-5-4-10-19(18)20/h4-7,10-13,16-17,26H,8-9,14-15H2,1-3H3,(H2,24,25,27). The van der Waals surface area contributed by atoms with Gasteiger partial charge in [-0.05, 0) is 43.5 Å². The molecule has 0 aliphatic carbocycles. The minimum Gasteiger partial charge on any atom is -0.493 e. The third-order valence-corrected chi connectivity index (χ3v) is 4.77. The molecule has 0 fully saturated rings. The van der Waals surface area contributed by atoms with Crippen molar-refractivity contribution in [3.8, 4) is 11.5 Å². The van der Waals surface area contributed by atoms with Gasteiger partial charge in [0.15, 0.2) is 17.5 Å². The Morgan fingerprint density at radius 3 is 2.62 bits per heavy atom. The molecule has 6 heteroatoms. The monoisotopic (exact) mass is 394 g/mol. The van der Waals surface area contributed by atoms with Crippen LogP contribution in [0.15, 0.2) is 59.7 Å². The lowest BCUT2D eigenvalue weighted by Crippen LogP contribution is -2.42. The van der Waals surface area contributed by atoms with Crippen LogP contribution in [0, 0.1) is 0 Å². The van der Waals surface area contributed by atoms with Crippen LogP contribution in [0.2, 0.25) is 0 Å². The van der Waals surface area contributed by atoms with Gasteiger partial charge < -0.3 is 25.1 Å². The highest BCUT2D eigenvalue weighted by Crippen LogP contribution is 2.26. The van der Waals surface area contributed by atoms with Crippen molar-refractivity contribution in [2.45, 2.75) is 25.9 Å². The van der Waals surface area contributed by atoms with Gasteiger partial charge in [0.05, 0.1) is 13.7 Å². The minimum atomic E-state index is -0.0314. The summed E-state index contributed by atoms with van der Waals surface area (Å²) in [6.07, 6.45) is 4.11. The Morgan fingerprint density at radius 1 is 1.07 bits per heavy atom. The number of aliphatic imine (C=N–C) groups is 1. The number of guanidine groups is 1. The molecule has 6 nitrogen and oxygen atoms in total. The number of hydrogen-bond donors (Lipinski definition) is 3. The first kappa shape index (κ1) is 20.6. The molecule has 154 valence electrons. The van der Waals surface area contributed by atoms with E-state index < -0.39 is 0 Å².